The van der Waals surface area contributed by atoms with Gasteiger partial charge in [0.05, 0.1) is 6.07 Å². The molecule has 1 fully saturated rings. The molecule has 0 spiro atoms. The van der Waals surface area contributed by atoms with Crippen molar-refractivity contribution >= 4 is 11.9 Å². The van der Waals surface area contributed by atoms with Crippen LogP contribution in [0.2, 0.25) is 0 Å². The van der Waals surface area contributed by atoms with E-state index in [0.29, 0.717) is 25.9 Å². The van der Waals surface area contributed by atoms with Crippen molar-refractivity contribution in [2.75, 3.05) is 13.1 Å². The van der Waals surface area contributed by atoms with Gasteiger partial charge < -0.3 is 9.64 Å². The van der Waals surface area contributed by atoms with E-state index in [1.54, 1.807) is 11.8 Å². The van der Waals surface area contributed by atoms with Gasteiger partial charge in [-0.1, -0.05) is 0 Å². The second-order valence-electron chi connectivity index (χ2n) is 5.99. The number of hydrogen-bond donors (Lipinski definition) is 0. The molecule has 1 aliphatic rings. The smallest absolute Gasteiger partial charge is 0.410 e. The molecule has 1 aliphatic heterocycles. The van der Waals surface area contributed by atoms with Gasteiger partial charge in [0, 0.05) is 19.0 Å². The van der Waals surface area contributed by atoms with Gasteiger partial charge in [-0.25, -0.2) is 4.79 Å². The molecule has 19 heavy (non-hydrogen) atoms. The molecule has 0 radical (unpaired) electrons. The SMILES string of the molecule is CC(C#N)C(=O)C1CCN(C(=O)OC(C)(C)C)CC1. The number of piperidine rings is 1. The number of amides is 1. The number of likely N-dealkylation sites (tertiary alicyclic amines) is 1. The summed E-state index contributed by atoms with van der Waals surface area (Å²) in [5.41, 5.74) is -0.501. The quantitative estimate of drug-likeness (QED) is 0.769. The molecule has 5 heteroatoms. The highest BCUT2D eigenvalue weighted by molar-refractivity contribution is 5.85. The topological polar surface area (TPSA) is 70.4 Å². The number of ketones is 1. The number of hydrogen-bond acceptors (Lipinski definition) is 4. The molecule has 0 aliphatic carbocycles. The number of Topliss-reactive ketones (excluding diaryl/α,β-unsaturated/α-hetero) is 1. The van der Waals surface area contributed by atoms with Crippen molar-refractivity contribution in [2.45, 2.75) is 46.1 Å². The van der Waals surface area contributed by atoms with Crippen molar-refractivity contribution < 1.29 is 14.3 Å². The van der Waals surface area contributed by atoms with Gasteiger partial charge in [0.1, 0.15) is 11.5 Å². The van der Waals surface area contributed by atoms with E-state index in [4.69, 9.17) is 10.00 Å². The van der Waals surface area contributed by atoms with E-state index in [-0.39, 0.29) is 17.8 Å². The largest absolute Gasteiger partial charge is 0.444 e. The first-order valence-electron chi connectivity index (χ1n) is 6.66. The summed E-state index contributed by atoms with van der Waals surface area (Å²) in [6.45, 7) is 8.15. The van der Waals surface area contributed by atoms with Crippen molar-refractivity contribution in [1.29, 1.82) is 5.26 Å². The normalized spacial score (nSPS) is 18.6. The third-order valence-electron chi connectivity index (χ3n) is 3.17. The van der Waals surface area contributed by atoms with Gasteiger partial charge in [-0.15, -0.1) is 0 Å². The van der Waals surface area contributed by atoms with Crippen LogP contribution in [0, 0.1) is 23.2 Å². The number of carbonyl (C=O) groups is 2. The Morgan fingerprint density at radius 2 is 1.84 bits per heavy atom. The predicted octanol–water partition coefficient (Wildman–Crippen LogP) is 2.36. The van der Waals surface area contributed by atoms with Gasteiger partial charge in [0.2, 0.25) is 0 Å². The molecule has 0 aromatic carbocycles. The number of rotatable bonds is 2. The molecular formula is C14H22N2O3. The number of ether oxygens (including phenoxy) is 1. The van der Waals surface area contributed by atoms with Crippen LogP contribution in [0.1, 0.15) is 40.5 Å². The molecule has 1 saturated heterocycles. The maximum atomic E-state index is 11.9. The van der Waals surface area contributed by atoms with E-state index in [0.717, 1.165) is 0 Å². The Morgan fingerprint density at radius 1 is 1.32 bits per heavy atom. The second-order valence-corrected chi connectivity index (χ2v) is 5.99. The standard InChI is InChI=1S/C14H22N2O3/c1-10(9-15)12(17)11-5-7-16(8-6-11)13(18)19-14(2,3)4/h10-11H,5-8H2,1-4H3. The summed E-state index contributed by atoms with van der Waals surface area (Å²) in [6.07, 6.45) is 0.903. The van der Waals surface area contributed by atoms with E-state index in [2.05, 4.69) is 0 Å². The molecule has 1 atom stereocenters. The van der Waals surface area contributed by atoms with Gasteiger partial charge in [0.15, 0.2) is 5.78 Å². The molecular weight excluding hydrogens is 244 g/mol. The molecule has 0 aromatic rings. The lowest BCUT2D eigenvalue weighted by Crippen LogP contribution is -2.43. The van der Waals surface area contributed by atoms with E-state index in [1.165, 1.54) is 0 Å². The summed E-state index contributed by atoms with van der Waals surface area (Å²) in [5.74, 6) is -0.669. The fraction of sp³-hybridized carbons (Fsp3) is 0.786. The lowest BCUT2D eigenvalue weighted by atomic mass is 9.87. The molecule has 106 valence electrons. The first-order valence-corrected chi connectivity index (χ1v) is 6.66. The van der Waals surface area contributed by atoms with Crippen LogP contribution in [0.5, 0.6) is 0 Å². The first kappa shape index (κ1) is 15.5. The minimum atomic E-state index is -0.557. The molecule has 1 heterocycles. The molecule has 0 aromatic heterocycles. The zero-order chi connectivity index (χ0) is 14.6. The Kier molecular flexibility index (Phi) is 4.93. The van der Waals surface area contributed by atoms with Crippen LogP contribution < -0.4 is 0 Å². The molecule has 1 amide bonds. The van der Waals surface area contributed by atoms with Gasteiger partial charge in [-0.05, 0) is 40.5 Å². The van der Waals surface area contributed by atoms with Crippen molar-refractivity contribution in [3.8, 4) is 6.07 Å². The maximum Gasteiger partial charge on any atom is 0.410 e. The number of nitrogens with zero attached hydrogens (tertiary/aromatic N) is 2. The van der Waals surface area contributed by atoms with Crippen LogP contribution in [-0.2, 0) is 9.53 Å². The summed E-state index contributed by atoms with van der Waals surface area (Å²) in [7, 11) is 0. The molecule has 0 N–H and O–H groups in total. The molecule has 0 saturated carbocycles. The summed E-state index contributed by atoms with van der Waals surface area (Å²) in [5, 5.41) is 8.75. The zero-order valence-corrected chi connectivity index (χ0v) is 12.1. The van der Waals surface area contributed by atoms with Crippen LogP contribution in [0.3, 0.4) is 0 Å². The summed E-state index contributed by atoms with van der Waals surface area (Å²) in [4.78, 5) is 25.4. The highest BCUT2D eigenvalue weighted by atomic mass is 16.6. The molecule has 5 nitrogen and oxygen atoms in total. The predicted molar refractivity (Wildman–Crippen MR) is 70.3 cm³/mol. The van der Waals surface area contributed by atoms with Crippen LogP contribution in [0.25, 0.3) is 0 Å². The summed E-state index contributed by atoms with van der Waals surface area (Å²) < 4.78 is 5.29. The van der Waals surface area contributed by atoms with Crippen molar-refractivity contribution in [3.63, 3.8) is 0 Å². The highest BCUT2D eigenvalue weighted by Gasteiger charge is 2.31. The minimum absolute atomic E-state index is 0.00802. The summed E-state index contributed by atoms with van der Waals surface area (Å²) >= 11 is 0. The monoisotopic (exact) mass is 266 g/mol. The van der Waals surface area contributed by atoms with Gasteiger partial charge in [-0.3, -0.25) is 4.79 Å². The molecule has 0 bridgehead atoms. The van der Waals surface area contributed by atoms with E-state index in [1.807, 2.05) is 26.8 Å². The fourth-order valence-electron chi connectivity index (χ4n) is 2.09. The second kappa shape index (κ2) is 6.05. The van der Waals surface area contributed by atoms with Crippen molar-refractivity contribution in [3.05, 3.63) is 0 Å². The Bertz CT molecular complexity index is 384. The lowest BCUT2D eigenvalue weighted by Gasteiger charge is -2.33. The van der Waals surface area contributed by atoms with Crippen LogP contribution in [-0.4, -0.2) is 35.5 Å². The van der Waals surface area contributed by atoms with Gasteiger partial charge >= 0.3 is 6.09 Å². The Labute approximate surface area is 114 Å². The fourth-order valence-corrected chi connectivity index (χ4v) is 2.09. The molecule has 1 unspecified atom stereocenters. The first-order chi connectivity index (χ1) is 8.74. The van der Waals surface area contributed by atoms with Gasteiger partial charge in [-0.2, -0.15) is 5.26 Å². The summed E-state index contributed by atoms with van der Waals surface area (Å²) in [6, 6.07) is 1.97. The van der Waals surface area contributed by atoms with E-state index < -0.39 is 11.5 Å². The Hall–Kier alpha value is -1.57. The number of nitriles is 1. The minimum Gasteiger partial charge on any atom is -0.444 e. The van der Waals surface area contributed by atoms with Crippen LogP contribution in [0.4, 0.5) is 4.79 Å². The van der Waals surface area contributed by atoms with E-state index >= 15 is 0 Å². The van der Waals surface area contributed by atoms with Crippen LogP contribution >= 0.6 is 0 Å². The Balaban J connectivity index is 2.48. The molecule has 1 rings (SSSR count). The van der Waals surface area contributed by atoms with E-state index in [9.17, 15) is 9.59 Å². The average Bonchev–Trinajstić information content (AvgIpc) is 2.35. The third-order valence-corrected chi connectivity index (χ3v) is 3.17. The Morgan fingerprint density at radius 3 is 2.26 bits per heavy atom. The van der Waals surface area contributed by atoms with Crippen molar-refractivity contribution in [1.82, 2.24) is 4.90 Å². The van der Waals surface area contributed by atoms with Crippen molar-refractivity contribution in [2.24, 2.45) is 11.8 Å². The number of carbonyl (C=O) groups excluding carboxylic acids is 2. The lowest BCUT2D eigenvalue weighted by molar-refractivity contribution is -0.126. The van der Waals surface area contributed by atoms with Crippen LogP contribution in [0.15, 0.2) is 0 Å². The maximum absolute atomic E-state index is 11.9. The zero-order valence-electron chi connectivity index (χ0n) is 12.1. The highest BCUT2D eigenvalue weighted by Crippen LogP contribution is 2.22. The average molecular weight is 266 g/mol. The third kappa shape index (κ3) is 4.55. The van der Waals surface area contributed by atoms with Gasteiger partial charge in [0.25, 0.3) is 0 Å².